The van der Waals surface area contributed by atoms with Crippen LogP contribution in [0.2, 0.25) is 0 Å². The standard InChI is InChI=1S/C16H35N/c1-9-13(7)15(11(3)4)17-16(12(5)6)14(8)10-2/h11-17H,9-10H2,1-8H3. The van der Waals surface area contributed by atoms with E-state index in [-0.39, 0.29) is 0 Å². The maximum Gasteiger partial charge on any atom is 0.0118 e. The molecule has 0 aromatic heterocycles. The van der Waals surface area contributed by atoms with E-state index in [1.54, 1.807) is 0 Å². The summed E-state index contributed by atoms with van der Waals surface area (Å²) in [6, 6.07) is 1.31. The van der Waals surface area contributed by atoms with Crippen molar-refractivity contribution in [3.05, 3.63) is 0 Å². The SMILES string of the molecule is CCC(C)C(NC(C(C)C)C(C)CC)C(C)C. The molecule has 4 atom stereocenters. The molecule has 1 nitrogen and oxygen atoms in total. The summed E-state index contributed by atoms with van der Waals surface area (Å²) < 4.78 is 0. The van der Waals surface area contributed by atoms with Gasteiger partial charge in [-0.3, -0.25) is 0 Å². The molecule has 0 rings (SSSR count). The minimum Gasteiger partial charge on any atom is -0.310 e. The molecule has 0 aromatic carbocycles. The van der Waals surface area contributed by atoms with E-state index in [4.69, 9.17) is 0 Å². The van der Waals surface area contributed by atoms with Gasteiger partial charge in [-0.05, 0) is 23.7 Å². The summed E-state index contributed by atoms with van der Waals surface area (Å²) in [5, 5.41) is 3.95. The Morgan fingerprint density at radius 2 is 0.941 bits per heavy atom. The summed E-state index contributed by atoms with van der Waals surface area (Å²) in [4.78, 5) is 0. The fraction of sp³-hybridized carbons (Fsp3) is 1.00. The second-order valence-corrected chi connectivity index (χ2v) is 6.48. The van der Waals surface area contributed by atoms with Gasteiger partial charge in [0.1, 0.15) is 0 Å². The average molecular weight is 241 g/mol. The van der Waals surface area contributed by atoms with Crippen LogP contribution in [-0.4, -0.2) is 12.1 Å². The number of nitrogens with one attached hydrogen (secondary N) is 1. The highest BCUT2D eigenvalue weighted by Gasteiger charge is 2.26. The molecule has 104 valence electrons. The summed E-state index contributed by atoms with van der Waals surface area (Å²) in [5.41, 5.74) is 0. The molecule has 0 heterocycles. The molecule has 0 saturated carbocycles. The molecule has 1 heteroatoms. The molecule has 17 heavy (non-hydrogen) atoms. The van der Waals surface area contributed by atoms with Crippen LogP contribution in [0.5, 0.6) is 0 Å². The van der Waals surface area contributed by atoms with E-state index < -0.39 is 0 Å². The van der Waals surface area contributed by atoms with Gasteiger partial charge in [0.15, 0.2) is 0 Å². The monoisotopic (exact) mass is 241 g/mol. The van der Waals surface area contributed by atoms with Crippen LogP contribution in [-0.2, 0) is 0 Å². The molecule has 0 aromatic rings. The maximum absolute atomic E-state index is 3.95. The van der Waals surface area contributed by atoms with E-state index in [9.17, 15) is 0 Å². The maximum atomic E-state index is 3.95. The van der Waals surface area contributed by atoms with Crippen LogP contribution in [0.4, 0.5) is 0 Å². The lowest BCUT2D eigenvalue weighted by atomic mass is 9.84. The summed E-state index contributed by atoms with van der Waals surface area (Å²) >= 11 is 0. The Morgan fingerprint density at radius 1 is 0.647 bits per heavy atom. The molecule has 0 fully saturated rings. The largest absolute Gasteiger partial charge is 0.310 e. The first kappa shape index (κ1) is 17.0. The first-order valence-corrected chi connectivity index (χ1v) is 7.61. The molecule has 0 spiro atoms. The first-order valence-electron chi connectivity index (χ1n) is 7.61. The Labute approximate surface area is 110 Å². The van der Waals surface area contributed by atoms with Crippen LogP contribution in [0.3, 0.4) is 0 Å². The molecule has 0 radical (unpaired) electrons. The van der Waals surface area contributed by atoms with Crippen molar-refractivity contribution in [3.63, 3.8) is 0 Å². The van der Waals surface area contributed by atoms with Gasteiger partial charge >= 0.3 is 0 Å². The lowest BCUT2D eigenvalue weighted by molar-refractivity contribution is 0.199. The van der Waals surface area contributed by atoms with Crippen LogP contribution in [0.25, 0.3) is 0 Å². The fourth-order valence-corrected chi connectivity index (χ4v) is 2.76. The van der Waals surface area contributed by atoms with Crippen molar-refractivity contribution in [2.24, 2.45) is 23.7 Å². The quantitative estimate of drug-likeness (QED) is 0.648. The van der Waals surface area contributed by atoms with Gasteiger partial charge in [0.05, 0.1) is 0 Å². The minimum atomic E-state index is 0.654. The van der Waals surface area contributed by atoms with Crippen molar-refractivity contribution in [2.45, 2.75) is 80.3 Å². The predicted molar refractivity (Wildman–Crippen MR) is 79.3 cm³/mol. The third kappa shape index (κ3) is 5.42. The van der Waals surface area contributed by atoms with Gasteiger partial charge in [0.25, 0.3) is 0 Å². The van der Waals surface area contributed by atoms with Crippen molar-refractivity contribution in [1.29, 1.82) is 0 Å². The Hall–Kier alpha value is -0.0400. The van der Waals surface area contributed by atoms with E-state index in [0.717, 1.165) is 23.7 Å². The number of hydrogen-bond donors (Lipinski definition) is 1. The molecule has 4 unspecified atom stereocenters. The summed E-state index contributed by atoms with van der Waals surface area (Å²) in [6.45, 7) is 18.7. The van der Waals surface area contributed by atoms with Crippen LogP contribution < -0.4 is 5.32 Å². The molecule has 0 bridgehead atoms. The van der Waals surface area contributed by atoms with Gasteiger partial charge in [-0.15, -0.1) is 0 Å². The summed E-state index contributed by atoms with van der Waals surface area (Å²) in [6.07, 6.45) is 2.53. The topological polar surface area (TPSA) is 12.0 Å². The minimum absolute atomic E-state index is 0.654. The van der Waals surface area contributed by atoms with E-state index in [1.165, 1.54) is 12.8 Å². The molecule has 0 aliphatic heterocycles. The second kappa shape index (κ2) is 8.13. The predicted octanol–water partition coefficient (Wildman–Crippen LogP) is 4.72. The molecular formula is C16H35N. The van der Waals surface area contributed by atoms with Crippen LogP contribution in [0.1, 0.15) is 68.2 Å². The van der Waals surface area contributed by atoms with Gasteiger partial charge in [0, 0.05) is 12.1 Å². The fourth-order valence-electron chi connectivity index (χ4n) is 2.76. The molecule has 0 aliphatic carbocycles. The average Bonchev–Trinajstić information content (AvgIpc) is 2.27. The van der Waals surface area contributed by atoms with Gasteiger partial charge in [-0.2, -0.15) is 0 Å². The zero-order valence-electron chi connectivity index (χ0n) is 13.4. The van der Waals surface area contributed by atoms with Crippen LogP contribution in [0, 0.1) is 23.7 Å². The Kier molecular flexibility index (Phi) is 8.11. The molecule has 1 N–H and O–H groups in total. The zero-order chi connectivity index (χ0) is 13.6. The Bertz CT molecular complexity index is 166. The summed E-state index contributed by atoms with van der Waals surface area (Å²) in [7, 11) is 0. The smallest absolute Gasteiger partial charge is 0.0118 e. The van der Waals surface area contributed by atoms with Gasteiger partial charge < -0.3 is 5.32 Å². The van der Waals surface area contributed by atoms with Crippen molar-refractivity contribution in [3.8, 4) is 0 Å². The second-order valence-electron chi connectivity index (χ2n) is 6.48. The van der Waals surface area contributed by atoms with Gasteiger partial charge in [0.2, 0.25) is 0 Å². The van der Waals surface area contributed by atoms with Crippen molar-refractivity contribution >= 4 is 0 Å². The van der Waals surface area contributed by atoms with Crippen LogP contribution >= 0.6 is 0 Å². The highest BCUT2D eigenvalue weighted by atomic mass is 15.0. The van der Waals surface area contributed by atoms with Crippen molar-refractivity contribution < 1.29 is 0 Å². The molecular weight excluding hydrogens is 206 g/mol. The highest BCUT2D eigenvalue weighted by Crippen LogP contribution is 2.22. The number of rotatable bonds is 8. The Morgan fingerprint density at radius 3 is 1.12 bits per heavy atom. The van der Waals surface area contributed by atoms with Gasteiger partial charge in [-0.1, -0.05) is 68.2 Å². The molecule has 0 saturated heterocycles. The zero-order valence-corrected chi connectivity index (χ0v) is 13.4. The first-order chi connectivity index (χ1) is 7.84. The lowest BCUT2D eigenvalue weighted by Gasteiger charge is -2.37. The van der Waals surface area contributed by atoms with Gasteiger partial charge in [-0.25, -0.2) is 0 Å². The Balaban J connectivity index is 4.68. The van der Waals surface area contributed by atoms with E-state index in [2.05, 4.69) is 60.7 Å². The van der Waals surface area contributed by atoms with Crippen LogP contribution in [0.15, 0.2) is 0 Å². The molecule has 0 aliphatic rings. The lowest BCUT2D eigenvalue weighted by Crippen LogP contribution is -2.50. The van der Waals surface area contributed by atoms with E-state index in [0.29, 0.717) is 12.1 Å². The highest BCUT2D eigenvalue weighted by molar-refractivity contribution is 4.84. The van der Waals surface area contributed by atoms with Crippen molar-refractivity contribution in [1.82, 2.24) is 5.32 Å². The van der Waals surface area contributed by atoms with Crippen molar-refractivity contribution in [2.75, 3.05) is 0 Å². The van der Waals surface area contributed by atoms with E-state index in [1.807, 2.05) is 0 Å². The third-order valence-electron chi connectivity index (χ3n) is 4.34. The third-order valence-corrected chi connectivity index (χ3v) is 4.34. The number of hydrogen-bond acceptors (Lipinski definition) is 1. The normalized spacial score (nSPS) is 19.4. The van der Waals surface area contributed by atoms with E-state index >= 15 is 0 Å². The molecule has 0 amide bonds. The summed E-state index contributed by atoms with van der Waals surface area (Å²) in [5.74, 6) is 2.96.